The van der Waals surface area contributed by atoms with Gasteiger partial charge in [0.25, 0.3) is 0 Å². The number of fused-ring (bicyclic) bond motifs is 1. The van der Waals surface area contributed by atoms with Crippen LogP contribution in [0, 0.1) is 0 Å². The summed E-state index contributed by atoms with van der Waals surface area (Å²) in [5, 5.41) is 1.08. The molecule has 82 valence electrons. The third-order valence-electron chi connectivity index (χ3n) is 3.03. The Morgan fingerprint density at radius 3 is 2.75 bits per heavy atom. The van der Waals surface area contributed by atoms with Crippen molar-refractivity contribution in [3.63, 3.8) is 0 Å². The summed E-state index contributed by atoms with van der Waals surface area (Å²) >= 11 is 0. The van der Waals surface area contributed by atoms with E-state index in [-0.39, 0.29) is 0 Å². The average Bonchev–Trinajstić information content (AvgIpc) is 3.10. The Balaban J connectivity index is 2.20. The van der Waals surface area contributed by atoms with Gasteiger partial charge in [-0.25, -0.2) is 4.98 Å². The van der Waals surface area contributed by atoms with Gasteiger partial charge in [0.15, 0.2) is 0 Å². The lowest BCUT2D eigenvalue weighted by Gasteiger charge is -2.19. The Kier molecular flexibility index (Phi) is 1.96. The van der Waals surface area contributed by atoms with Crippen molar-refractivity contribution in [1.29, 1.82) is 0 Å². The highest BCUT2D eigenvalue weighted by Gasteiger charge is 2.28. The van der Waals surface area contributed by atoms with Crippen molar-refractivity contribution in [3.05, 3.63) is 24.3 Å². The Morgan fingerprint density at radius 2 is 2.00 bits per heavy atom. The second-order valence-electron chi connectivity index (χ2n) is 4.26. The van der Waals surface area contributed by atoms with Gasteiger partial charge in [0.05, 0.1) is 5.52 Å². The zero-order chi connectivity index (χ0) is 11.1. The molecule has 1 fully saturated rings. The standard InChI is InChI=1S/C12H14N4/c1-16(8-6-7-8)11-9-4-2-3-5-10(9)14-12(13)15-11/h2-5,8H,6-7H2,1H3,(H2,13,14,15). The highest BCUT2D eigenvalue weighted by Crippen LogP contribution is 2.32. The third kappa shape index (κ3) is 1.46. The minimum atomic E-state index is 0.348. The SMILES string of the molecule is CN(c1nc(N)nc2ccccc12)C1CC1. The first kappa shape index (κ1) is 9.39. The lowest BCUT2D eigenvalue weighted by Crippen LogP contribution is -2.21. The van der Waals surface area contributed by atoms with Gasteiger partial charge in [0.2, 0.25) is 5.95 Å². The van der Waals surface area contributed by atoms with E-state index in [1.54, 1.807) is 0 Å². The van der Waals surface area contributed by atoms with E-state index in [1.165, 1.54) is 12.8 Å². The highest BCUT2D eigenvalue weighted by molar-refractivity contribution is 5.90. The first-order valence-electron chi connectivity index (χ1n) is 5.51. The van der Waals surface area contributed by atoms with Crippen LogP contribution < -0.4 is 10.6 Å². The van der Waals surface area contributed by atoms with E-state index in [9.17, 15) is 0 Å². The van der Waals surface area contributed by atoms with Crippen LogP contribution in [-0.4, -0.2) is 23.1 Å². The molecular weight excluding hydrogens is 200 g/mol. The minimum absolute atomic E-state index is 0.348. The minimum Gasteiger partial charge on any atom is -0.368 e. The molecule has 16 heavy (non-hydrogen) atoms. The number of nitrogen functional groups attached to an aromatic ring is 1. The van der Waals surface area contributed by atoms with Gasteiger partial charge < -0.3 is 10.6 Å². The van der Waals surface area contributed by atoms with Crippen LogP contribution >= 0.6 is 0 Å². The number of hydrogen-bond donors (Lipinski definition) is 1. The second kappa shape index (κ2) is 3.33. The third-order valence-corrected chi connectivity index (χ3v) is 3.03. The van der Waals surface area contributed by atoms with Gasteiger partial charge in [-0.2, -0.15) is 4.98 Å². The average molecular weight is 214 g/mol. The van der Waals surface area contributed by atoms with Gasteiger partial charge in [0, 0.05) is 18.5 Å². The second-order valence-corrected chi connectivity index (χ2v) is 4.26. The van der Waals surface area contributed by atoms with Crippen LogP contribution in [0.2, 0.25) is 0 Å². The number of para-hydroxylation sites is 1. The molecule has 4 heteroatoms. The summed E-state index contributed by atoms with van der Waals surface area (Å²) in [6.07, 6.45) is 2.49. The van der Waals surface area contributed by atoms with Crippen LogP contribution in [0.3, 0.4) is 0 Å². The lowest BCUT2D eigenvalue weighted by molar-refractivity contribution is 0.897. The van der Waals surface area contributed by atoms with Crippen LogP contribution in [0.1, 0.15) is 12.8 Å². The van der Waals surface area contributed by atoms with Gasteiger partial charge in [-0.3, -0.25) is 0 Å². The summed E-state index contributed by atoms with van der Waals surface area (Å²) in [4.78, 5) is 10.8. The fourth-order valence-corrected chi connectivity index (χ4v) is 1.98. The Morgan fingerprint density at radius 1 is 1.25 bits per heavy atom. The number of rotatable bonds is 2. The molecule has 0 saturated heterocycles. The van der Waals surface area contributed by atoms with Crippen molar-refractivity contribution in [3.8, 4) is 0 Å². The van der Waals surface area contributed by atoms with Gasteiger partial charge in [-0.1, -0.05) is 12.1 Å². The molecule has 2 N–H and O–H groups in total. The normalized spacial score (nSPS) is 15.3. The summed E-state index contributed by atoms with van der Waals surface area (Å²) < 4.78 is 0. The topological polar surface area (TPSA) is 55.0 Å². The molecule has 4 nitrogen and oxygen atoms in total. The van der Waals surface area contributed by atoms with Crippen LogP contribution in [0.15, 0.2) is 24.3 Å². The van der Waals surface area contributed by atoms with Crippen LogP contribution in [0.4, 0.5) is 11.8 Å². The zero-order valence-electron chi connectivity index (χ0n) is 9.22. The summed E-state index contributed by atoms with van der Waals surface area (Å²) in [5.74, 6) is 1.30. The van der Waals surface area contributed by atoms with E-state index < -0.39 is 0 Å². The Labute approximate surface area is 94.1 Å². The number of nitrogens with zero attached hydrogens (tertiary/aromatic N) is 3. The Hall–Kier alpha value is -1.84. The van der Waals surface area contributed by atoms with Crippen LogP contribution in [0.5, 0.6) is 0 Å². The fourth-order valence-electron chi connectivity index (χ4n) is 1.98. The summed E-state index contributed by atoms with van der Waals surface area (Å²) in [5.41, 5.74) is 6.65. The molecule has 0 atom stereocenters. The molecule has 0 aliphatic heterocycles. The van der Waals surface area contributed by atoms with Gasteiger partial charge in [-0.15, -0.1) is 0 Å². The predicted molar refractivity (Wildman–Crippen MR) is 65.4 cm³/mol. The molecule has 1 heterocycles. The maximum absolute atomic E-state index is 5.73. The molecule has 1 saturated carbocycles. The molecule has 2 aromatic rings. The predicted octanol–water partition coefficient (Wildman–Crippen LogP) is 1.81. The molecule has 0 unspecified atom stereocenters. The van der Waals surface area contributed by atoms with E-state index in [4.69, 9.17) is 5.73 Å². The van der Waals surface area contributed by atoms with Gasteiger partial charge in [-0.05, 0) is 25.0 Å². The van der Waals surface area contributed by atoms with Crippen molar-refractivity contribution < 1.29 is 0 Å². The van der Waals surface area contributed by atoms with Crippen molar-refractivity contribution >= 4 is 22.7 Å². The van der Waals surface area contributed by atoms with E-state index in [2.05, 4.69) is 21.9 Å². The van der Waals surface area contributed by atoms with E-state index in [0.717, 1.165) is 16.7 Å². The summed E-state index contributed by atoms with van der Waals surface area (Å²) in [6, 6.07) is 8.61. The molecule has 3 rings (SSSR count). The summed E-state index contributed by atoms with van der Waals surface area (Å²) in [7, 11) is 2.08. The lowest BCUT2D eigenvalue weighted by atomic mass is 10.2. The molecule has 1 aliphatic rings. The smallest absolute Gasteiger partial charge is 0.222 e. The number of hydrogen-bond acceptors (Lipinski definition) is 4. The molecular formula is C12H14N4. The molecule has 1 aromatic carbocycles. The van der Waals surface area contributed by atoms with E-state index >= 15 is 0 Å². The van der Waals surface area contributed by atoms with Crippen LogP contribution in [-0.2, 0) is 0 Å². The monoisotopic (exact) mass is 214 g/mol. The maximum Gasteiger partial charge on any atom is 0.222 e. The van der Waals surface area contributed by atoms with E-state index in [1.807, 2.05) is 24.3 Å². The van der Waals surface area contributed by atoms with Gasteiger partial charge >= 0.3 is 0 Å². The molecule has 1 aromatic heterocycles. The van der Waals surface area contributed by atoms with Crippen molar-refractivity contribution in [2.75, 3.05) is 17.7 Å². The zero-order valence-corrected chi connectivity index (χ0v) is 9.22. The quantitative estimate of drug-likeness (QED) is 0.828. The van der Waals surface area contributed by atoms with Crippen LogP contribution in [0.25, 0.3) is 10.9 Å². The van der Waals surface area contributed by atoms with E-state index in [0.29, 0.717) is 12.0 Å². The number of aromatic nitrogens is 2. The first-order valence-corrected chi connectivity index (χ1v) is 5.51. The first-order chi connectivity index (χ1) is 7.75. The van der Waals surface area contributed by atoms with Crippen molar-refractivity contribution in [2.24, 2.45) is 0 Å². The molecule has 0 radical (unpaired) electrons. The molecule has 0 spiro atoms. The molecule has 1 aliphatic carbocycles. The van der Waals surface area contributed by atoms with Crippen molar-refractivity contribution in [1.82, 2.24) is 9.97 Å². The number of nitrogens with two attached hydrogens (primary N) is 1. The Bertz CT molecular complexity index is 534. The molecule has 0 bridgehead atoms. The highest BCUT2D eigenvalue weighted by atomic mass is 15.2. The maximum atomic E-state index is 5.73. The van der Waals surface area contributed by atoms with Crippen molar-refractivity contribution in [2.45, 2.75) is 18.9 Å². The fraction of sp³-hybridized carbons (Fsp3) is 0.333. The number of anilines is 2. The number of benzene rings is 1. The summed E-state index contributed by atoms with van der Waals surface area (Å²) in [6.45, 7) is 0. The van der Waals surface area contributed by atoms with Gasteiger partial charge in [0.1, 0.15) is 5.82 Å². The largest absolute Gasteiger partial charge is 0.368 e. The molecule has 0 amide bonds.